The third-order valence-electron chi connectivity index (χ3n) is 3.83. The van der Waals surface area contributed by atoms with E-state index in [0.717, 1.165) is 58.8 Å². The molecule has 1 aliphatic rings. The third kappa shape index (κ3) is 5.61. The molecule has 2 rings (SSSR count). The van der Waals surface area contributed by atoms with Crippen molar-refractivity contribution in [2.45, 2.75) is 32.8 Å². The van der Waals surface area contributed by atoms with Crippen LogP contribution in [0.25, 0.3) is 0 Å². The van der Waals surface area contributed by atoms with Crippen molar-refractivity contribution in [1.29, 1.82) is 0 Å². The van der Waals surface area contributed by atoms with Crippen molar-refractivity contribution in [3.05, 3.63) is 35.4 Å². The van der Waals surface area contributed by atoms with E-state index in [1.54, 1.807) is 0 Å². The molecule has 3 heteroatoms. The molecule has 1 N–H and O–H groups in total. The number of likely N-dealkylation sites (N-methyl/N-ethyl adjacent to an activating group) is 1. The van der Waals surface area contributed by atoms with Crippen LogP contribution in [0.4, 0.5) is 0 Å². The quantitative estimate of drug-likeness (QED) is 0.741. The number of hydrogen-bond donors (Lipinski definition) is 1. The molecule has 0 aliphatic carbocycles. The van der Waals surface area contributed by atoms with Gasteiger partial charge in [0.25, 0.3) is 0 Å². The van der Waals surface area contributed by atoms with E-state index in [-0.39, 0.29) is 0 Å². The Morgan fingerprint density at radius 2 is 1.85 bits per heavy atom. The van der Waals surface area contributed by atoms with Crippen LogP contribution in [0.15, 0.2) is 24.3 Å². The van der Waals surface area contributed by atoms with Crippen LogP contribution < -0.4 is 5.32 Å². The summed E-state index contributed by atoms with van der Waals surface area (Å²) in [6, 6.07) is 8.80. The number of nitrogens with one attached hydrogen (secondary N) is 1. The lowest BCUT2D eigenvalue weighted by Gasteiger charge is -2.21. The number of rotatable bonds is 8. The van der Waals surface area contributed by atoms with Gasteiger partial charge in [-0.1, -0.05) is 31.2 Å². The van der Waals surface area contributed by atoms with Gasteiger partial charge in [0.05, 0.1) is 13.2 Å². The van der Waals surface area contributed by atoms with Gasteiger partial charge in [-0.2, -0.15) is 0 Å². The summed E-state index contributed by atoms with van der Waals surface area (Å²) >= 11 is 0. The minimum atomic E-state index is 0.683. The summed E-state index contributed by atoms with van der Waals surface area (Å²) in [6.07, 6.45) is 3.38. The van der Waals surface area contributed by atoms with Crippen molar-refractivity contribution in [3.63, 3.8) is 0 Å². The predicted molar refractivity (Wildman–Crippen MR) is 81.9 cm³/mol. The highest BCUT2D eigenvalue weighted by Crippen LogP contribution is 2.15. The zero-order chi connectivity index (χ0) is 14.0. The summed E-state index contributed by atoms with van der Waals surface area (Å²) in [5, 5.41) is 3.35. The minimum Gasteiger partial charge on any atom is -0.381 e. The maximum Gasteiger partial charge on any atom is 0.0717 e. The van der Waals surface area contributed by atoms with E-state index in [1.807, 2.05) is 0 Å². The van der Waals surface area contributed by atoms with E-state index < -0.39 is 0 Å². The van der Waals surface area contributed by atoms with Crippen molar-refractivity contribution in [3.8, 4) is 0 Å². The van der Waals surface area contributed by atoms with Crippen LogP contribution in [-0.4, -0.2) is 32.9 Å². The average molecular weight is 277 g/mol. The average Bonchev–Trinajstić information content (AvgIpc) is 2.50. The summed E-state index contributed by atoms with van der Waals surface area (Å²) in [5.41, 5.74) is 2.66. The smallest absolute Gasteiger partial charge is 0.0717 e. The van der Waals surface area contributed by atoms with Gasteiger partial charge in [0.2, 0.25) is 0 Å². The minimum absolute atomic E-state index is 0.683. The standard InChI is InChI=1S/C17H27NO2/c1-2-18-10-7-15-3-5-16(6-4-15)13-20-14-17-8-11-19-12-9-17/h3-6,17-18H,2,7-14H2,1H3. The Morgan fingerprint density at radius 1 is 1.15 bits per heavy atom. The molecule has 0 bridgehead atoms. The first-order chi connectivity index (χ1) is 9.88. The normalized spacial score (nSPS) is 16.4. The van der Waals surface area contributed by atoms with Crippen LogP contribution in [-0.2, 0) is 22.5 Å². The summed E-state index contributed by atoms with van der Waals surface area (Å²) in [7, 11) is 0. The summed E-state index contributed by atoms with van der Waals surface area (Å²) < 4.78 is 11.2. The van der Waals surface area contributed by atoms with Crippen molar-refractivity contribution in [2.75, 3.05) is 32.9 Å². The van der Waals surface area contributed by atoms with Crippen molar-refractivity contribution in [1.82, 2.24) is 5.32 Å². The van der Waals surface area contributed by atoms with E-state index in [0.29, 0.717) is 5.92 Å². The highest BCUT2D eigenvalue weighted by atomic mass is 16.5. The highest BCUT2D eigenvalue weighted by molar-refractivity contribution is 5.22. The van der Waals surface area contributed by atoms with E-state index in [9.17, 15) is 0 Å². The van der Waals surface area contributed by atoms with Crippen LogP contribution in [0.3, 0.4) is 0 Å². The molecule has 1 aromatic rings. The second-order valence-corrected chi connectivity index (χ2v) is 5.49. The largest absolute Gasteiger partial charge is 0.381 e. The molecule has 0 saturated carbocycles. The van der Waals surface area contributed by atoms with Gasteiger partial charge in [0, 0.05) is 13.2 Å². The second-order valence-electron chi connectivity index (χ2n) is 5.49. The molecule has 1 saturated heterocycles. The molecule has 0 aromatic heterocycles. The van der Waals surface area contributed by atoms with Crippen molar-refractivity contribution < 1.29 is 9.47 Å². The van der Waals surface area contributed by atoms with E-state index in [4.69, 9.17) is 9.47 Å². The topological polar surface area (TPSA) is 30.5 Å². The molecule has 0 radical (unpaired) electrons. The monoisotopic (exact) mass is 277 g/mol. The van der Waals surface area contributed by atoms with E-state index in [1.165, 1.54) is 11.1 Å². The summed E-state index contributed by atoms with van der Waals surface area (Å²) in [4.78, 5) is 0. The van der Waals surface area contributed by atoms with Crippen molar-refractivity contribution in [2.24, 2.45) is 5.92 Å². The molecule has 20 heavy (non-hydrogen) atoms. The predicted octanol–water partition coefficient (Wildman–Crippen LogP) is 2.78. The Hall–Kier alpha value is -0.900. The van der Waals surface area contributed by atoms with E-state index in [2.05, 4.69) is 36.5 Å². The lowest BCUT2D eigenvalue weighted by molar-refractivity contribution is 0.0157. The first kappa shape index (κ1) is 15.5. The SMILES string of the molecule is CCNCCc1ccc(COCC2CCOCC2)cc1. The fourth-order valence-corrected chi connectivity index (χ4v) is 2.47. The second kappa shape index (κ2) is 9.11. The van der Waals surface area contributed by atoms with Gasteiger partial charge in [-0.05, 0) is 49.4 Å². The van der Waals surface area contributed by atoms with Gasteiger partial charge in [-0.25, -0.2) is 0 Å². The van der Waals surface area contributed by atoms with Crippen LogP contribution in [0.1, 0.15) is 30.9 Å². The maximum atomic E-state index is 5.83. The molecular formula is C17H27NO2. The Morgan fingerprint density at radius 3 is 2.55 bits per heavy atom. The van der Waals surface area contributed by atoms with Gasteiger partial charge >= 0.3 is 0 Å². The number of ether oxygens (including phenoxy) is 2. The molecule has 0 amide bonds. The molecule has 0 unspecified atom stereocenters. The first-order valence-corrected chi connectivity index (χ1v) is 7.82. The Labute approximate surface area is 122 Å². The van der Waals surface area contributed by atoms with Crippen LogP contribution in [0.5, 0.6) is 0 Å². The van der Waals surface area contributed by atoms with Gasteiger partial charge in [0.15, 0.2) is 0 Å². The van der Waals surface area contributed by atoms with Crippen LogP contribution >= 0.6 is 0 Å². The Bertz CT molecular complexity index is 358. The molecule has 1 heterocycles. The number of benzene rings is 1. The fourth-order valence-electron chi connectivity index (χ4n) is 2.47. The van der Waals surface area contributed by atoms with Crippen LogP contribution in [0, 0.1) is 5.92 Å². The van der Waals surface area contributed by atoms with Gasteiger partial charge in [-0.3, -0.25) is 0 Å². The van der Waals surface area contributed by atoms with E-state index >= 15 is 0 Å². The number of hydrogen-bond acceptors (Lipinski definition) is 3. The lowest BCUT2D eigenvalue weighted by atomic mass is 10.0. The maximum absolute atomic E-state index is 5.83. The zero-order valence-electron chi connectivity index (χ0n) is 12.6. The summed E-state index contributed by atoms with van der Waals surface area (Å²) in [5.74, 6) is 0.683. The molecular weight excluding hydrogens is 250 g/mol. The van der Waals surface area contributed by atoms with Gasteiger partial charge in [0.1, 0.15) is 0 Å². The molecule has 0 spiro atoms. The van der Waals surface area contributed by atoms with Crippen molar-refractivity contribution >= 4 is 0 Å². The molecule has 112 valence electrons. The Kier molecular flexibility index (Phi) is 7.06. The zero-order valence-corrected chi connectivity index (χ0v) is 12.6. The first-order valence-electron chi connectivity index (χ1n) is 7.82. The van der Waals surface area contributed by atoms with Gasteiger partial charge in [-0.15, -0.1) is 0 Å². The third-order valence-corrected chi connectivity index (χ3v) is 3.83. The summed E-state index contributed by atoms with van der Waals surface area (Å²) in [6.45, 7) is 7.62. The Balaban J connectivity index is 1.65. The lowest BCUT2D eigenvalue weighted by Crippen LogP contribution is -2.20. The fraction of sp³-hybridized carbons (Fsp3) is 0.647. The molecule has 1 fully saturated rings. The molecule has 1 aromatic carbocycles. The highest BCUT2D eigenvalue weighted by Gasteiger charge is 2.13. The van der Waals surface area contributed by atoms with Gasteiger partial charge < -0.3 is 14.8 Å². The van der Waals surface area contributed by atoms with Crippen LogP contribution in [0.2, 0.25) is 0 Å². The molecule has 0 atom stereocenters. The molecule has 3 nitrogen and oxygen atoms in total. The molecule has 1 aliphatic heterocycles.